The zero-order valence-electron chi connectivity index (χ0n) is 15.7. The highest BCUT2D eigenvalue weighted by atomic mass is 16.6. The number of hydrogen-bond acceptors (Lipinski definition) is 6. The van der Waals surface area contributed by atoms with Crippen molar-refractivity contribution in [2.45, 2.75) is 13.0 Å². The lowest BCUT2D eigenvalue weighted by molar-refractivity contribution is -0.151. The van der Waals surface area contributed by atoms with Gasteiger partial charge in [-0.25, -0.2) is 4.79 Å². The van der Waals surface area contributed by atoms with Gasteiger partial charge >= 0.3 is 5.97 Å². The van der Waals surface area contributed by atoms with Crippen LogP contribution in [0.4, 0.5) is 0 Å². The summed E-state index contributed by atoms with van der Waals surface area (Å²) >= 11 is 0. The minimum Gasteiger partial charge on any atom is -0.474 e. The highest BCUT2D eigenvalue weighted by Gasteiger charge is 2.29. The molecular weight excluding hydrogens is 372 g/mol. The van der Waals surface area contributed by atoms with Crippen molar-refractivity contribution >= 4 is 17.8 Å². The van der Waals surface area contributed by atoms with Crippen molar-refractivity contribution in [2.75, 3.05) is 6.61 Å². The third-order valence-electron chi connectivity index (χ3n) is 4.31. The number of ketones is 1. The van der Waals surface area contributed by atoms with E-state index >= 15 is 0 Å². The molecule has 2 heterocycles. The lowest BCUT2D eigenvalue weighted by Crippen LogP contribution is -2.21. The van der Waals surface area contributed by atoms with E-state index in [1.165, 1.54) is 12.3 Å². The molecule has 0 fully saturated rings. The van der Waals surface area contributed by atoms with Gasteiger partial charge in [-0.2, -0.15) is 0 Å². The summed E-state index contributed by atoms with van der Waals surface area (Å²) in [7, 11) is 0. The van der Waals surface area contributed by atoms with Gasteiger partial charge in [-0.3, -0.25) is 4.79 Å². The predicted molar refractivity (Wildman–Crippen MR) is 105 cm³/mol. The van der Waals surface area contributed by atoms with Crippen molar-refractivity contribution in [3.05, 3.63) is 89.6 Å². The molecule has 6 nitrogen and oxygen atoms in total. The number of rotatable bonds is 6. The van der Waals surface area contributed by atoms with E-state index in [-0.39, 0.29) is 18.1 Å². The zero-order valence-corrected chi connectivity index (χ0v) is 15.7. The van der Waals surface area contributed by atoms with Gasteiger partial charge < -0.3 is 18.6 Å². The monoisotopic (exact) mass is 390 g/mol. The third kappa shape index (κ3) is 3.91. The number of benzene rings is 2. The van der Waals surface area contributed by atoms with Crippen molar-refractivity contribution < 1.29 is 28.2 Å². The molecular formula is C23H18O6. The fourth-order valence-electron chi connectivity index (χ4n) is 2.98. The van der Waals surface area contributed by atoms with Crippen LogP contribution >= 0.6 is 0 Å². The van der Waals surface area contributed by atoms with Crippen LogP contribution in [-0.2, 0) is 9.53 Å². The molecule has 0 radical (unpaired) electrons. The van der Waals surface area contributed by atoms with E-state index in [4.69, 9.17) is 18.6 Å². The summed E-state index contributed by atoms with van der Waals surface area (Å²) in [6.07, 6.45) is 2.13. The molecule has 146 valence electrons. The molecule has 0 aliphatic carbocycles. The smallest absolute Gasteiger partial charge is 0.352 e. The van der Waals surface area contributed by atoms with E-state index < -0.39 is 12.1 Å². The van der Waals surface area contributed by atoms with Crippen LogP contribution in [0.5, 0.6) is 11.5 Å². The molecule has 0 saturated heterocycles. The third-order valence-corrected chi connectivity index (χ3v) is 4.31. The molecule has 2 aromatic carbocycles. The Kier molecular flexibility index (Phi) is 5.16. The molecule has 0 bridgehead atoms. The van der Waals surface area contributed by atoms with Crippen molar-refractivity contribution in [3.8, 4) is 11.5 Å². The second kappa shape index (κ2) is 8.06. The molecule has 4 rings (SSSR count). The summed E-state index contributed by atoms with van der Waals surface area (Å²) in [5, 5.41) is 0. The van der Waals surface area contributed by atoms with Crippen LogP contribution in [0.3, 0.4) is 0 Å². The first-order chi connectivity index (χ1) is 14.2. The normalized spacial score (nSPS) is 14.9. The van der Waals surface area contributed by atoms with Crippen LogP contribution in [-0.4, -0.2) is 18.4 Å². The minimum atomic E-state index is -0.926. The topological polar surface area (TPSA) is 75.0 Å². The first-order valence-corrected chi connectivity index (χ1v) is 9.15. The summed E-state index contributed by atoms with van der Waals surface area (Å²) in [4.78, 5) is 24.9. The maximum absolute atomic E-state index is 12.5. The molecule has 1 atom stereocenters. The number of furan rings is 1. The Morgan fingerprint density at radius 1 is 1.10 bits per heavy atom. The fraction of sp³-hybridized carbons (Fsp3) is 0.130. The second-order valence-electron chi connectivity index (χ2n) is 6.27. The molecule has 0 saturated carbocycles. The second-order valence-corrected chi connectivity index (χ2v) is 6.27. The first-order valence-electron chi connectivity index (χ1n) is 9.15. The Hall–Kier alpha value is -3.80. The SMILES string of the molecule is CCOC(=O)[C@@H](Oc1ccc2c(c1)O/C(=C/c1ccco1)C2=O)c1ccccc1. The van der Waals surface area contributed by atoms with E-state index in [0.29, 0.717) is 28.4 Å². The van der Waals surface area contributed by atoms with E-state index in [1.54, 1.807) is 49.4 Å². The molecule has 0 spiro atoms. The van der Waals surface area contributed by atoms with Crippen molar-refractivity contribution in [1.82, 2.24) is 0 Å². The van der Waals surface area contributed by atoms with Gasteiger partial charge in [-0.05, 0) is 31.2 Å². The number of carbonyl (C=O) groups excluding carboxylic acids is 2. The summed E-state index contributed by atoms with van der Waals surface area (Å²) < 4.78 is 22.0. The number of hydrogen-bond donors (Lipinski definition) is 0. The Labute approximate surface area is 167 Å². The highest BCUT2D eigenvalue weighted by Crippen LogP contribution is 2.36. The van der Waals surface area contributed by atoms with E-state index in [2.05, 4.69) is 0 Å². The van der Waals surface area contributed by atoms with Crippen LogP contribution in [0.15, 0.2) is 77.1 Å². The molecule has 0 unspecified atom stereocenters. The number of ether oxygens (including phenoxy) is 3. The van der Waals surface area contributed by atoms with Crippen LogP contribution in [0.2, 0.25) is 0 Å². The highest BCUT2D eigenvalue weighted by molar-refractivity contribution is 6.14. The average Bonchev–Trinajstić information content (AvgIpc) is 3.35. The summed E-state index contributed by atoms with van der Waals surface area (Å²) in [5.74, 6) is 0.697. The zero-order chi connectivity index (χ0) is 20.2. The number of Topliss-reactive ketones (excluding diaryl/α,β-unsaturated/α-hetero) is 1. The Morgan fingerprint density at radius 3 is 2.66 bits per heavy atom. The maximum Gasteiger partial charge on any atom is 0.352 e. The molecule has 0 amide bonds. The van der Waals surface area contributed by atoms with Gasteiger partial charge in [-0.1, -0.05) is 30.3 Å². The fourth-order valence-corrected chi connectivity index (χ4v) is 2.98. The number of fused-ring (bicyclic) bond motifs is 1. The number of esters is 1. The van der Waals surface area contributed by atoms with Crippen LogP contribution in [0, 0.1) is 0 Å². The van der Waals surface area contributed by atoms with Gasteiger partial charge in [0.25, 0.3) is 0 Å². The molecule has 1 aromatic heterocycles. The lowest BCUT2D eigenvalue weighted by atomic mass is 10.1. The number of allylic oxidation sites excluding steroid dienone is 1. The molecule has 1 aliphatic rings. The van der Waals surface area contributed by atoms with Gasteiger partial charge in [-0.15, -0.1) is 0 Å². The largest absolute Gasteiger partial charge is 0.474 e. The molecule has 1 aliphatic heterocycles. The van der Waals surface area contributed by atoms with Crippen LogP contribution < -0.4 is 9.47 Å². The molecule has 0 N–H and O–H groups in total. The number of carbonyl (C=O) groups is 2. The summed E-state index contributed by atoms with van der Waals surface area (Å²) in [6.45, 7) is 1.98. The Balaban J connectivity index is 1.59. The standard InChI is InChI=1S/C23H18O6/c1-2-26-23(25)22(15-7-4-3-5-8-15)28-17-10-11-18-19(14-17)29-20(21(18)24)13-16-9-6-12-27-16/h3-14,22H,2H2,1H3/b20-13+/t22-/m0/s1. The van der Waals surface area contributed by atoms with Gasteiger partial charge in [0.15, 0.2) is 5.76 Å². The van der Waals surface area contributed by atoms with E-state index in [9.17, 15) is 9.59 Å². The molecule has 6 heteroatoms. The Morgan fingerprint density at radius 2 is 1.93 bits per heavy atom. The van der Waals surface area contributed by atoms with Crippen LogP contribution in [0.1, 0.15) is 34.7 Å². The summed E-state index contributed by atoms with van der Waals surface area (Å²) in [5.41, 5.74) is 1.09. The van der Waals surface area contributed by atoms with Crippen LogP contribution in [0.25, 0.3) is 6.08 Å². The van der Waals surface area contributed by atoms with Crippen molar-refractivity contribution in [2.24, 2.45) is 0 Å². The minimum absolute atomic E-state index is 0.164. The van der Waals surface area contributed by atoms with E-state index in [0.717, 1.165) is 0 Å². The maximum atomic E-state index is 12.5. The van der Waals surface area contributed by atoms with Crippen molar-refractivity contribution in [3.63, 3.8) is 0 Å². The first kappa shape index (κ1) is 18.6. The predicted octanol–water partition coefficient (Wildman–Crippen LogP) is 4.58. The van der Waals surface area contributed by atoms with Gasteiger partial charge in [0, 0.05) is 17.7 Å². The lowest BCUT2D eigenvalue weighted by Gasteiger charge is -2.18. The van der Waals surface area contributed by atoms with E-state index in [1.807, 2.05) is 18.2 Å². The Bertz CT molecular complexity index is 1050. The summed E-state index contributed by atoms with van der Waals surface area (Å²) in [6, 6.07) is 17.4. The molecule has 29 heavy (non-hydrogen) atoms. The van der Waals surface area contributed by atoms with Gasteiger partial charge in [0.05, 0.1) is 18.4 Å². The molecule has 3 aromatic rings. The average molecular weight is 390 g/mol. The van der Waals surface area contributed by atoms with Gasteiger partial charge in [0.2, 0.25) is 11.9 Å². The van der Waals surface area contributed by atoms with Crippen molar-refractivity contribution in [1.29, 1.82) is 0 Å². The van der Waals surface area contributed by atoms with Gasteiger partial charge in [0.1, 0.15) is 17.3 Å². The quantitative estimate of drug-likeness (QED) is 0.453.